The Bertz CT molecular complexity index is 386. The van der Waals surface area contributed by atoms with Gasteiger partial charge in [-0.2, -0.15) is 0 Å². The molecule has 0 nitrogen and oxygen atoms in total. The summed E-state index contributed by atoms with van der Waals surface area (Å²) in [5, 5.41) is 0. The molecule has 0 spiro atoms. The molecule has 2 aliphatic carbocycles. The summed E-state index contributed by atoms with van der Waals surface area (Å²) >= 11 is 6.24. The van der Waals surface area contributed by atoms with E-state index in [1.165, 1.54) is 36.8 Å². The van der Waals surface area contributed by atoms with Crippen molar-refractivity contribution in [1.29, 1.82) is 0 Å². The molecule has 1 aromatic carbocycles. The first-order valence-electron chi connectivity index (χ1n) is 6.32. The van der Waals surface area contributed by atoms with Crippen LogP contribution < -0.4 is 0 Å². The van der Waals surface area contributed by atoms with Crippen molar-refractivity contribution in [2.75, 3.05) is 5.88 Å². The Kier molecular flexibility index (Phi) is 2.51. The molecule has 1 aromatic rings. The van der Waals surface area contributed by atoms with Crippen LogP contribution in [0.1, 0.15) is 30.4 Å². The average Bonchev–Trinajstić information content (AvgIpc) is 2.87. The number of benzene rings is 1. The number of aryl methyl sites for hydroxylation is 1. The van der Waals surface area contributed by atoms with Crippen molar-refractivity contribution in [3.05, 3.63) is 35.4 Å². The Labute approximate surface area is 103 Å². The Balaban J connectivity index is 1.77. The van der Waals surface area contributed by atoms with E-state index in [0.29, 0.717) is 5.41 Å². The molecule has 86 valence electrons. The molecule has 0 N–H and O–H groups in total. The molecule has 2 aliphatic rings. The van der Waals surface area contributed by atoms with E-state index in [-0.39, 0.29) is 0 Å². The van der Waals surface area contributed by atoms with E-state index in [9.17, 15) is 0 Å². The van der Waals surface area contributed by atoms with Gasteiger partial charge in [-0.1, -0.05) is 29.8 Å². The summed E-state index contributed by atoms with van der Waals surface area (Å²) in [5.41, 5.74) is 3.26. The Morgan fingerprint density at radius 2 is 2.06 bits per heavy atom. The van der Waals surface area contributed by atoms with Crippen molar-refractivity contribution in [2.45, 2.75) is 32.6 Å². The van der Waals surface area contributed by atoms with E-state index in [4.69, 9.17) is 11.6 Å². The Morgan fingerprint density at radius 1 is 1.31 bits per heavy atom. The van der Waals surface area contributed by atoms with Gasteiger partial charge in [0, 0.05) is 5.88 Å². The van der Waals surface area contributed by atoms with Gasteiger partial charge >= 0.3 is 0 Å². The van der Waals surface area contributed by atoms with Crippen LogP contribution in [0.5, 0.6) is 0 Å². The number of rotatable bonds is 3. The van der Waals surface area contributed by atoms with Gasteiger partial charge in [0.25, 0.3) is 0 Å². The molecule has 2 atom stereocenters. The van der Waals surface area contributed by atoms with E-state index in [2.05, 4.69) is 31.2 Å². The zero-order chi connectivity index (χ0) is 11.2. The highest BCUT2D eigenvalue weighted by molar-refractivity contribution is 6.18. The van der Waals surface area contributed by atoms with Gasteiger partial charge < -0.3 is 0 Å². The molecule has 0 saturated heterocycles. The zero-order valence-corrected chi connectivity index (χ0v) is 10.6. The van der Waals surface area contributed by atoms with Gasteiger partial charge in [0.2, 0.25) is 0 Å². The molecule has 0 aliphatic heterocycles. The highest BCUT2D eigenvalue weighted by Gasteiger charge is 2.53. The molecular weight excluding hydrogens is 216 g/mol. The smallest absolute Gasteiger partial charge is 0.0283 e. The van der Waals surface area contributed by atoms with Crippen molar-refractivity contribution in [1.82, 2.24) is 0 Å². The third-order valence-corrected chi connectivity index (χ3v) is 4.97. The lowest BCUT2D eigenvalue weighted by Crippen LogP contribution is -2.24. The third-order valence-electron chi connectivity index (χ3n) is 4.40. The van der Waals surface area contributed by atoms with Crippen molar-refractivity contribution in [3.63, 3.8) is 0 Å². The molecule has 2 unspecified atom stereocenters. The predicted octanol–water partition coefficient (Wildman–Crippen LogP) is 4.19. The normalized spacial score (nSPS) is 36.1. The molecule has 0 radical (unpaired) electrons. The minimum absolute atomic E-state index is 0.420. The molecule has 0 bridgehead atoms. The molecule has 2 fully saturated rings. The lowest BCUT2D eigenvalue weighted by Gasteiger charge is -2.28. The number of hydrogen-bond acceptors (Lipinski definition) is 0. The minimum atomic E-state index is 0.420. The zero-order valence-electron chi connectivity index (χ0n) is 9.88. The van der Waals surface area contributed by atoms with Gasteiger partial charge in [-0.3, -0.25) is 0 Å². The largest absolute Gasteiger partial charge is 0.126 e. The highest BCUT2D eigenvalue weighted by atomic mass is 35.5. The maximum atomic E-state index is 6.24. The second-order valence-corrected chi connectivity index (χ2v) is 6.23. The lowest BCUT2D eigenvalue weighted by molar-refractivity contribution is 0.303. The number of fused-ring (bicyclic) bond motifs is 1. The fraction of sp³-hybridized carbons (Fsp3) is 0.600. The standard InChI is InChI=1S/C15H19Cl/c1-11-3-2-4-12(5-11)7-15(10-16)8-13-6-14(13)9-15/h2-5,13-14H,6-10H2,1H3. The highest BCUT2D eigenvalue weighted by Crippen LogP contribution is 2.61. The van der Waals surface area contributed by atoms with Gasteiger partial charge in [0.1, 0.15) is 0 Å². The first-order valence-corrected chi connectivity index (χ1v) is 6.86. The van der Waals surface area contributed by atoms with Gasteiger partial charge in [-0.05, 0) is 55.4 Å². The quantitative estimate of drug-likeness (QED) is 0.688. The van der Waals surface area contributed by atoms with Crippen LogP contribution in [0.15, 0.2) is 24.3 Å². The first-order chi connectivity index (χ1) is 7.71. The summed E-state index contributed by atoms with van der Waals surface area (Å²) < 4.78 is 0. The third kappa shape index (κ3) is 1.88. The second kappa shape index (κ2) is 3.77. The summed E-state index contributed by atoms with van der Waals surface area (Å²) in [6.07, 6.45) is 5.40. The molecule has 0 aromatic heterocycles. The summed E-state index contributed by atoms with van der Waals surface area (Å²) in [6, 6.07) is 8.91. The summed E-state index contributed by atoms with van der Waals surface area (Å²) in [6.45, 7) is 2.17. The van der Waals surface area contributed by atoms with Crippen LogP contribution in [0.25, 0.3) is 0 Å². The monoisotopic (exact) mass is 234 g/mol. The van der Waals surface area contributed by atoms with Crippen LogP contribution in [-0.4, -0.2) is 5.88 Å². The fourth-order valence-electron chi connectivity index (χ4n) is 3.56. The summed E-state index contributed by atoms with van der Waals surface area (Å²) in [4.78, 5) is 0. The van der Waals surface area contributed by atoms with Crippen LogP contribution in [0.3, 0.4) is 0 Å². The first kappa shape index (κ1) is 10.7. The maximum Gasteiger partial charge on any atom is 0.0283 e. The van der Waals surface area contributed by atoms with Crippen LogP contribution in [0.2, 0.25) is 0 Å². The molecule has 3 rings (SSSR count). The molecule has 0 heterocycles. The predicted molar refractivity (Wildman–Crippen MR) is 68.9 cm³/mol. The second-order valence-electron chi connectivity index (χ2n) is 5.96. The molecular formula is C15H19Cl. The van der Waals surface area contributed by atoms with Crippen LogP contribution >= 0.6 is 11.6 Å². The van der Waals surface area contributed by atoms with Crippen molar-refractivity contribution in [2.24, 2.45) is 17.3 Å². The van der Waals surface area contributed by atoms with Gasteiger partial charge in [0.15, 0.2) is 0 Å². The van der Waals surface area contributed by atoms with E-state index < -0.39 is 0 Å². The SMILES string of the molecule is Cc1cccc(CC2(CCl)CC3CC3C2)c1. The molecule has 16 heavy (non-hydrogen) atoms. The lowest BCUT2D eigenvalue weighted by atomic mass is 9.79. The van der Waals surface area contributed by atoms with Crippen molar-refractivity contribution >= 4 is 11.6 Å². The van der Waals surface area contributed by atoms with Crippen LogP contribution in [0, 0.1) is 24.2 Å². The molecule has 0 amide bonds. The molecule has 1 heteroatoms. The van der Waals surface area contributed by atoms with Crippen LogP contribution in [-0.2, 0) is 6.42 Å². The van der Waals surface area contributed by atoms with Crippen molar-refractivity contribution < 1.29 is 0 Å². The maximum absolute atomic E-state index is 6.24. The summed E-state index contributed by atoms with van der Waals surface area (Å²) in [7, 11) is 0. The number of halogens is 1. The number of alkyl halides is 1. The Hall–Kier alpha value is -0.490. The Morgan fingerprint density at radius 3 is 2.69 bits per heavy atom. The van der Waals surface area contributed by atoms with Gasteiger partial charge in [-0.15, -0.1) is 11.6 Å². The van der Waals surface area contributed by atoms with E-state index in [0.717, 1.165) is 17.7 Å². The van der Waals surface area contributed by atoms with E-state index in [1.54, 1.807) is 0 Å². The topological polar surface area (TPSA) is 0 Å². The van der Waals surface area contributed by atoms with Crippen molar-refractivity contribution in [3.8, 4) is 0 Å². The van der Waals surface area contributed by atoms with Gasteiger partial charge in [-0.25, -0.2) is 0 Å². The van der Waals surface area contributed by atoms with Crippen LogP contribution in [0.4, 0.5) is 0 Å². The average molecular weight is 235 g/mol. The van der Waals surface area contributed by atoms with Gasteiger partial charge in [0.05, 0.1) is 0 Å². The number of hydrogen-bond donors (Lipinski definition) is 0. The van der Waals surface area contributed by atoms with E-state index >= 15 is 0 Å². The fourth-order valence-corrected chi connectivity index (χ4v) is 3.87. The minimum Gasteiger partial charge on any atom is -0.126 e. The molecule has 2 saturated carbocycles. The van der Waals surface area contributed by atoms with E-state index in [1.807, 2.05) is 0 Å². The summed E-state index contributed by atoms with van der Waals surface area (Å²) in [5.74, 6) is 2.88.